The minimum absolute atomic E-state index is 0.109. The number of rotatable bonds is 4. The Hall–Kier alpha value is -2.31. The number of nitrogens with zero attached hydrogens (tertiary/aromatic N) is 2. The van der Waals surface area contributed by atoms with E-state index in [0.29, 0.717) is 18.7 Å². The quantitative estimate of drug-likeness (QED) is 0.909. The molecule has 2 aliphatic rings. The molecule has 1 aliphatic heterocycles. The van der Waals surface area contributed by atoms with Crippen molar-refractivity contribution in [1.29, 1.82) is 0 Å². The van der Waals surface area contributed by atoms with E-state index in [-0.39, 0.29) is 36.6 Å². The number of likely N-dealkylation sites (tertiary alicyclic amines) is 1. The zero-order valence-electron chi connectivity index (χ0n) is 14.4. The highest BCUT2D eigenvalue weighted by atomic mass is 19.1. The molecular weight excluding hydrogens is 325 g/mol. The lowest BCUT2D eigenvalue weighted by Crippen LogP contribution is -2.53. The van der Waals surface area contributed by atoms with Crippen molar-refractivity contribution in [1.82, 2.24) is 15.1 Å². The van der Waals surface area contributed by atoms with Crippen LogP contribution in [0.25, 0.3) is 0 Å². The minimum Gasteiger partial charge on any atom is -0.453 e. The number of piperidine rings is 1. The van der Waals surface area contributed by atoms with Crippen molar-refractivity contribution in [2.45, 2.75) is 44.3 Å². The van der Waals surface area contributed by atoms with E-state index >= 15 is 0 Å². The first kappa shape index (κ1) is 17.5. The molecule has 3 rings (SSSR count). The summed E-state index contributed by atoms with van der Waals surface area (Å²) in [6.45, 7) is 1.34. The topological polar surface area (TPSA) is 61.9 Å². The lowest BCUT2D eigenvalue weighted by atomic mass is 10.1. The van der Waals surface area contributed by atoms with Crippen LogP contribution in [0.3, 0.4) is 0 Å². The molecule has 1 aliphatic carbocycles. The highest BCUT2D eigenvalue weighted by molar-refractivity contribution is 5.75. The van der Waals surface area contributed by atoms with Gasteiger partial charge < -0.3 is 19.9 Å². The van der Waals surface area contributed by atoms with Crippen molar-refractivity contribution in [3.63, 3.8) is 0 Å². The average molecular weight is 349 g/mol. The molecule has 1 atom stereocenters. The number of urea groups is 1. The highest BCUT2D eigenvalue weighted by Gasteiger charge is 2.34. The van der Waals surface area contributed by atoms with Crippen molar-refractivity contribution in [3.8, 4) is 0 Å². The van der Waals surface area contributed by atoms with Crippen LogP contribution in [0.15, 0.2) is 24.3 Å². The maximum absolute atomic E-state index is 13.9. The molecule has 7 heteroatoms. The second-order valence-corrected chi connectivity index (χ2v) is 6.66. The number of benzene rings is 1. The molecule has 0 radical (unpaired) electrons. The van der Waals surface area contributed by atoms with Gasteiger partial charge in [-0.25, -0.2) is 14.0 Å². The summed E-state index contributed by atoms with van der Waals surface area (Å²) in [5.74, 6) is -0.296. The summed E-state index contributed by atoms with van der Waals surface area (Å²) in [6, 6.07) is 6.40. The van der Waals surface area contributed by atoms with E-state index in [2.05, 4.69) is 5.32 Å². The van der Waals surface area contributed by atoms with Gasteiger partial charge in [-0.2, -0.15) is 0 Å². The second kappa shape index (κ2) is 7.72. The normalized spacial score (nSPS) is 20.1. The Morgan fingerprint density at radius 3 is 2.76 bits per heavy atom. The standard InChI is InChI=1S/C18H24FN3O3/c1-25-18(24)21-10-4-6-14(12-21)20-17(23)22(15-8-9-15)11-13-5-2-3-7-16(13)19/h2-3,5,7,14-15H,4,6,8-12H2,1H3,(H,20,23)/t14-/m0/s1. The predicted molar refractivity (Wildman–Crippen MR) is 90.5 cm³/mol. The van der Waals surface area contributed by atoms with Crippen LogP contribution in [0.2, 0.25) is 0 Å². The molecule has 25 heavy (non-hydrogen) atoms. The number of carbonyl (C=O) groups excluding carboxylic acids is 2. The van der Waals surface area contributed by atoms with Gasteiger partial charge in [0.1, 0.15) is 5.82 Å². The second-order valence-electron chi connectivity index (χ2n) is 6.66. The van der Waals surface area contributed by atoms with Gasteiger partial charge in [0.15, 0.2) is 0 Å². The predicted octanol–water partition coefficient (Wildman–Crippen LogP) is 2.73. The van der Waals surface area contributed by atoms with Crippen LogP contribution in [-0.2, 0) is 11.3 Å². The fourth-order valence-corrected chi connectivity index (χ4v) is 3.21. The van der Waals surface area contributed by atoms with Crippen LogP contribution in [0, 0.1) is 5.82 Å². The number of nitrogens with one attached hydrogen (secondary N) is 1. The molecule has 1 aromatic rings. The summed E-state index contributed by atoms with van der Waals surface area (Å²) in [6.07, 6.45) is 3.15. The van der Waals surface area contributed by atoms with E-state index in [9.17, 15) is 14.0 Å². The minimum atomic E-state index is -0.371. The van der Waals surface area contributed by atoms with E-state index in [4.69, 9.17) is 4.74 Å². The van der Waals surface area contributed by atoms with E-state index in [1.165, 1.54) is 13.2 Å². The van der Waals surface area contributed by atoms with E-state index in [0.717, 1.165) is 25.7 Å². The molecule has 6 nitrogen and oxygen atoms in total. The van der Waals surface area contributed by atoms with Gasteiger partial charge in [0.25, 0.3) is 0 Å². The third-order valence-electron chi connectivity index (χ3n) is 4.73. The molecule has 0 unspecified atom stereocenters. The van der Waals surface area contributed by atoms with Crippen LogP contribution in [0.5, 0.6) is 0 Å². The summed E-state index contributed by atoms with van der Waals surface area (Å²) in [5, 5.41) is 3.00. The van der Waals surface area contributed by atoms with Crippen LogP contribution >= 0.6 is 0 Å². The molecule has 2 fully saturated rings. The fraction of sp³-hybridized carbons (Fsp3) is 0.556. The average Bonchev–Trinajstić information content (AvgIpc) is 3.45. The smallest absolute Gasteiger partial charge is 0.409 e. The summed E-state index contributed by atoms with van der Waals surface area (Å²) in [5.41, 5.74) is 0.518. The van der Waals surface area contributed by atoms with Gasteiger partial charge in [0, 0.05) is 30.7 Å². The molecular formula is C18H24FN3O3. The third-order valence-corrected chi connectivity index (χ3v) is 4.73. The number of methoxy groups -OCH3 is 1. The number of carbonyl (C=O) groups is 2. The molecule has 0 spiro atoms. The lowest BCUT2D eigenvalue weighted by Gasteiger charge is -2.33. The molecule has 0 aromatic heterocycles. The van der Waals surface area contributed by atoms with Gasteiger partial charge in [-0.1, -0.05) is 18.2 Å². The number of amides is 3. The third kappa shape index (κ3) is 4.41. The van der Waals surface area contributed by atoms with Crippen LogP contribution in [-0.4, -0.2) is 54.2 Å². The van der Waals surface area contributed by atoms with Crippen molar-refractivity contribution < 1.29 is 18.7 Å². The van der Waals surface area contributed by atoms with Gasteiger partial charge in [-0.15, -0.1) is 0 Å². The van der Waals surface area contributed by atoms with Crippen LogP contribution < -0.4 is 5.32 Å². The van der Waals surface area contributed by atoms with Gasteiger partial charge in [-0.3, -0.25) is 0 Å². The number of ether oxygens (including phenoxy) is 1. The molecule has 1 N–H and O–H groups in total. The van der Waals surface area contributed by atoms with Gasteiger partial charge in [-0.05, 0) is 31.7 Å². The van der Waals surface area contributed by atoms with Crippen LogP contribution in [0.4, 0.5) is 14.0 Å². The molecule has 1 saturated heterocycles. The van der Waals surface area contributed by atoms with Crippen molar-refractivity contribution >= 4 is 12.1 Å². The highest BCUT2D eigenvalue weighted by Crippen LogP contribution is 2.29. The summed E-state index contributed by atoms with van der Waals surface area (Å²) in [7, 11) is 1.35. The summed E-state index contributed by atoms with van der Waals surface area (Å²) >= 11 is 0. The number of halogens is 1. The maximum Gasteiger partial charge on any atom is 0.409 e. The molecule has 0 bridgehead atoms. The SMILES string of the molecule is COC(=O)N1CCC[C@H](NC(=O)N(Cc2ccccc2F)C2CC2)C1. The Morgan fingerprint density at radius 2 is 2.08 bits per heavy atom. The largest absolute Gasteiger partial charge is 0.453 e. The van der Waals surface area contributed by atoms with E-state index in [1.54, 1.807) is 28.0 Å². The van der Waals surface area contributed by atoms with E-state index in [1.807, 2.05) is 0 Å². The maximum atomic E-state index is 13.9. The van der Waals surface area contributed by atoms with Gasteiger partial charge in [0.05, 0.1) is 13.7 Å². The number of hydrogen-bond acceptors (Lipinski definition) is 3. The van der Waals surface area contributed by atoms with Crippen molar-refractivity contribution in [2.24, 2.45) is 0 Å². The Morgan fingerprint density at radius 1 is 1.32 bits per heavy atom. The first-order valence-electron chi connectivity index (χ1n) is 8.72. The Labute approximate surface area is 146 Å². The van der Waals surface area contributed by atoms with Crippen LogP contribution in [0.1, 0.15) is 31.2 Å². The van der Waals surface area contributed by atoms with Gasteiger partial charge >= 0.3 is 12.1 Å². The first-order chi connectivity index (χ1) is 12.1. The monoisotopic (exact) mass is 349 g/mol. The van der Waals surface area contributed by atoms with Gasteiger partial charge in [0.2, 0.25) is 0 Å². The van der Waals surface area contributed by atoms with Crippen molar-refractivity contribution in [2.75, 3.05) is 20.2 Å². The van der Waals surface area contributed by atoms with Crippen molar-refractivity contribution in [3.05, 3.63) is 35.6 Å². The summed E-state index contributed by atoms with van der Waals surface area (Å²) < 4.78 is 18.7. The fourth-order valence-electron chi connectivity index (χ4n) is 3.21. The molecule has 1 saturated carbocycles. The Kier molecular flexibility index (Phi) is 5.40. The molecule has 136 valence electrons. The molecule has 1 heterocycles. The Bertz CT molecular complexity index is 636. The summed E-state index contributed by atoms with van der Waals surface area (Å²) in [4.78, 5) is 27.7. The zero-order chi connectivity index (χ0) is 17.8. The van der Waals surface area contributed by atoms with E-state index < -0.39 is 0 Å². The number of hydrogen-bond donors (Lipinski definition) is 1. The molecule has 1 aromatic carbocycles. The zero-order valence-corrected chi connectivity index (χ0v) is 14.4. The molecule has 3 amide bonds. The lowest BCUT2D eigenvalue weighted by molar-refractivity contribution is 0.106. The first-order valence-corrected chi connectivity index (χ1v) is 8.72. The Balaban J connectivity index is 1.61.